The molecule has 7 aliphatic rings. The number of allylic oxidation sites excluding steroid dienone is 4. The molecule has 70 heavy (non-hydrogen) atoms. The Morgan fingerprint density at radius 2 is 0.986 bits per heavy atom. The Balaban J connectivity index is 0.000000116. The number of rotatable bonds is 5. The highest BCUT2D eigenvalue weighted by Crippen LogP contribution is 2.75. The van der Waals surface area contributed by atoms with Crippen LogP contribution in [0.1, 0.15) is 76.5 Å². The number of anilines is 2. The Morgan fingerprint density at radius 1 is 0.529 bits per heavy atom. The number of hydrogen-bond donors (Lipinski definition) is 3. The van der Waals surface area contributed by atoms with Gasteiger partial charge in [0.05, 0.1) is 10.6 Å². The molecule has 0 aromatic heterocycles. The number of sulfonamides is 1. The first kappa shape index (κ1) is 38.4. The van der Waals surface area contributed by atoms with Gasteiger partial charge >= 0.3 is 0 Å². The van der Waals surface area contributed by atoms with Gasteiger partial charge in [-0.3, -0.25) is 0 Å². The molecule has 12 aromatic rings. The van der Waals surface area contributed by atoms with Crippen LogP contribution < -0.4 is 21.5 Å². The SMILES string of the molecule is C/C(=N\NS(=O)(=O)c1ccc(C)cc1)c1ccc(N)cc1.C1=CC2C3C=CC4c5ccc6c7ccc8c9ccc%10c%11c%12c%13c%14c%15c(c5c6c5c%15c%13c(c%119)c8c75)C4C3C=%14C2C%12C1%10.CCc1ccc(N)cc1. The quantitative estimate of drug-likeness (QED) is 0.0525. The van der Waals surface area contributed by atoms with E-state index in [1.54, 1.807) is 148 Å². The second kappa shape index (κ2) is 12.5. The fourth-order valence-corrected chi connectivity index (χ4v) is 17.1. The average molecular weight is 923 g/mol. The van der Waals surface area contributed by atoms with Gasteiger partial charge in [0, 0.05) is 35.0 Å². The number of aryl methyl sites for hydroxylation is 2. The van der Waals surface area contributed by atoms with Crippen LogP contribution >= 0.6 is 0 Å². The zero-order valence-corrected chi connectivity index (χ0v) is 39.7. The van der Waals surface area contributed by atoms with E-state index in [0.29, 0.717) is 58.7 Å². The van der Waals surface area contributed by atoms with Crippen molar-refractivity contribution in [2.24, 2.45) is 28.8 Å². The van der Waals surface area contributed by atoms with Gasteiger partial charge < -0.3 is 11.5 Å². The third kappa shape index (κ3) is 4.22. The average Bonchev–Trinajstić information content (AvgIpc) is 4.23. The maximum absolute atomic E-state index is 12.1. The standard InChI is InChI=1S/C40H18.C15H17N3O2S.C8H11N/c1-2-12-14-5-6-16-18-9-10-20-19-8-7-17-15-4-3-13-11(1)21-22(12)32-24(14)26(16)34-29(18)30(20)35-28(19)27(17)33-25(15)23(13)31(21)36-37(32)39(34)40(35)38(33)36;1-11-3-9-15(10-4-11)21(19,20)18-17-12(2)13-5-7-14(16)8-6-13;1-2-7-3-5-8(9)6-4-7/h1-13,15,21-23,25H;3-10,18H,16H2,1-2H3;3-6H,2,9H2,1H3/b;17-12+;. The third-order valence-corrected chi connectivity index (χ3v) is 20.0. The van der Waals surface area contributed by atoms with Crippen molar-refractivity contribution in [3.05, 3.63) is 178 Å². The van der Waals surface area contributed by atoms with Crippen molar-refractivity contribution in [2.45, 2.75) is 55.8 Å². The molecule has 0 heterocycles. The number of fused-ring (bicyclic) bond motifs is 5. The molecule has 1 saturated carbocycles. The third-order valence-electron chi connectivity index (χ3n) is 18.8. The van der Waals surface area contributed by atoms with Gasteiger partial charge in [0.15, 0.2) is 0 Å². The monoisotopic (exact) mass is 922 g/mol. The van der Waals surface area contributed by atoms with Crippen LogP contribution in [0.5, 0.6) is 0 Å². The van der Waals surface area contributed by atoms with Crippen LogP contribution in [0.25, 0.3) is 91.8 Å². The van der Waals surface area contributed by atoms with Gasteiger partial charge in [-0.25, -0.2) is 0 Å². The molecule has 5 N–H and O–H groups in total. The highest BCUT2D eigenvalue weighted by Gasteiger charge is 2.62. The second-order valence-electron chi connectivity index (χ2n) is 21.6. The van der Waals surface area contributed by atoms with Crippen molar-refractivity contribution in [3.8, 4) is 0 Å². The summed E-state index contributed by atoms with van der Waals surface area (Å²) in [6, 6.07) is 36.7. The Labute approximate surface area is 403 Å². The predicted molar refractivity (Wildman–Crippen MR) is 289 cm³/mol. The first-order valence-corrected chi connectivity index (χ1v) is 26.6. The van der Waals surface area contributed by atoms with Gasteiger partial charge in [0.2, 0.25) is 0 Å². The smallest absolute Gasteiger partial charge is 0.276 e. The van der Waals surface area contributed by atoms with E-state index in [1.165, 1.54) is 27.1 Å². The van der Waals surface area contributed by atoms with Crippen LogP contribution in [-0.2, 0) is 16.4 Å². The Hall–Kier alpha value is -7.48. The minimum absolute atomic E-state index is 0.182. The second-order valence-corrected chi connectivity index (χ2v) is 23.3. The molecule has 12 aromatic carbocycles. The van der Waals surface area contributed by atoms with Crippen molar-refractivity contribution in [1.29, 1.82) is 0 Å². The molecule has 8 unspecified atom stereocenters. The molecule has 6 nitrogen and oxygen atoms in total. The van der Waals surface area contributed by atoms with E-state index in [1.807, 2.05) is 24.6 Å². The Morgan fingerprint density at radius 3 is 1.49 bits per heavy atom. The maximum atomic E-state index is 12.1. The lowest BCUT2D eigenvalue weighted by Gasteiger charge is -2.39. The van der Waals surface area contributed by atoms with Crippen LogP contribution in [0.15, 0.2) is 143 Å². The van der Waals surface area contributed by atoms with E-state index in [-0.39, 0.29) is 4.90 Å². The molecule has 0 aliphatic heterocycles. The summed E-state index contributed by atoms with van der Waals surface area (Å²) in [6.45, 7) is 5.75. The number of benzene rings is 9. The molecule has 0 radical (unpaired) electrons. The lowest BCUT2D eigenvalue weighted by Crippen LogP contribution is -2.33. The zero-order valence-electron chi connectivity index (χ0n) is 38.9. The Kier molecular flexibility index (Phi) is 6.83. The molecule has 336 valence electrons. The van der Waals surface area contributed by atoms with Crippen LogP contribution in [-0.4, -0.2) is 14.1 Å². The van der Waals surface area contributed by atoms with E-state index < -0.39 is 10.0 Å². The summed E-state index contributed by atoms with van der Waals surface area (Å²) >= 11 is 0. The normalized spacial score (nSPS) is 24.7. The van der Waals surface area contributed by atoms with Crippen molar-refractivity contribution in [3.63, 3.8) is 0 Å². The molecule has 8 atom stereocenters. The highest BCUT2D eigenvalue weighted by molar-refractivity contribution is 7.89. The fraction of sp³-hybridized carbons (Fsp3) is 0.190. The number of hydrazone groups is 1. The molecule has 0 saturated heterocycles. The van der Waals surface area contributed by atoms with Crippen molar-refractivity contribution in [2.75, 3.05) is 11.5 Å². The van der Waals surface area contributed by atoms with Gasteiger partial charge in [0.25, 0.3) is 10.0 Å². The molecule has 1 fully saturated rings. The predicted octanol–water partition coefficient (Wildman–Crippen LogP) is 13.1. The van der Waals surface area contributed by atoms with Gasteiger partial charge in [0.1, 0.15) is 0 Å². The summed E-state index contributed by atoms with van der Waals surface area (Å²) in [5, 5.41) is 31.5. The summed E-state index contributed by atoms with van der Waals surface area (Å²) < 4.78 is 24.2. The molecule has 0 amide bonds. The summed E-state index contributed by atoms with van der Waals surface area (Å²) in [5.74, 6) is 5.07. The summed E-state index contributed by atoms with van der Waals surface area (Å²) in [6.07, 6.45) is 11.9. The lowest BCUT2D eigenvalue weighted by atomic mass is 9.64. The molecule has 7 aliphatic carbocycles. The number of nitrogens with one attached hydrogen (secondary N) is 1. The first-order valence-electron chi connectivity index (χ1n) is 25.1. The van der Waals surface area contributed by atoms with Gasteiger partial charge in [-0.05, 0) is 205 Å². The molecular formula is C63H46N4O2S. The summed E-state index contributed by atoms with van der Waals surface area (Å²) in [4.78, 5) is 2.42. The molecule has 0 bridgehead atoms. The summed E-state index contributed by atoms with van der Waals surface area (Å²) in [5.41, 5.74) is 25.0. The van der Waals surface area contributed by atoms with Crippen molar-refractivity contribution >= 4 is 119 Å². The molecule has 0 spiro atoms. The van der Waals surface area contributed by atoms with E-state index in [0.717, 1.165) is 23.2 Å². The molecular weight excluding hydrogens is 877 g/mol. The van der Waals surface area contributed by atoms with Gasteiger partial charge in [-0.2, -0.15) is 18.4 Å². The van der Waals surface area contributed by atoms with E-state index in [4.69, 9.17) is 11.5 Å². The van der Waals surface area contributed by atoms with Crippen LogP contribution in [0.2, 0.25) is 0 Å². The topological polar surface area (TPSA) is 111 Å². The van der Waals surface area contributed by atoms with Crippen LogP contribution in [0, 0.1) is 30.6 Å². The fourth-order valence-electron chi connectivity index (χ4n) is 16.3. The number of hydrogen-bond acceptors (Lipinski definition) is 5. The first-order chi connectivity index (χ1) is 34.1. The lowest BCUT2D eigenvalue weighted by molar-refractivity contribution is 0.314. The molecule has 7 heteroatoms. The van der Waals surface area contributed by atoms with Crippen molar-refractivity contribution in [1.82, 2.24) is 4.83 Å². The van der Waals surface area contributed by atoms with Crippen LogP contribution in [0.4, 0.5) is 11.4 Å². The van der Waals surface area contributed by atoms with Gasteiger partial charge in [-0.15, -0.1) is 0 Å². The van der Waals surface area contributed by atoms with Crippen LogP contribution in [0.3, 0.4) is 0 Å². The van der Waals surface area contributed by atoms with E-state index in [2.05, 4.69) is 89.7 Å². The van der Waals surface area contributed by atoms with E-state index >= 15 is 0 Å². The van der Waals surface area contributed by atoms with E-state index in [9.17, 15) is 8.42 Å². The number of nitrogens with zero attached hydrogens (tertiary/aromatic N) is 1. The number of nitrogens with two attached hydrogens (primary N) is 2. The summed E-state index contributed by atoms with van der Waals surface area (Å²) in [7, 11) is -3.65. The minimum atomic E-state index is -3.65. The number of nitrogen functional groups attached to an aromatic ring is 2. The molecule has 19 rings (SSSR count). The largest absolute Gasteiger partial charge is 0.399 e. The maximum Gasteiger partial charge on any atom is 0.276 e. The Bertz CT molecular complexity index is 4370. The van der Waals surface area contributed by atoms with Gasteiger partial charge in [-0.1, -0.05) is 115 Å². The highest BCUT2D eigenvalue weighted by atomic mass is 32.2. The van der Waals surface area contributed by atoms with Crippen molar-refractivity contribution < 1.29 is 8.42 Å². The zero-order chi connectivity index (χ0) is 46.5. The minimum Gasteiger partial charge on any atom is -0.399 e.